The molecule has 0 fully saturated rings. The van der Waals surface area contributed by atoms with E-state index in [9.17, 15) is 4.79 Å². The molecule has 0 atom stereocenters. The van der Waals surface area contributed by atoms with Gasteiger partial charge in [0, 0.05) is 5.56 Å². The van der Waals surface area contributed by atoms with E-state index >= 15 is 0 Å². The molecule has 15 heavy (non-hydrogen) atoms. The van der Waals surface area contributed by atoms with Gasteiger partial charge in [0.2, 0.25) is 0 Å². The lowest BCUT2D eigenvalue weighted by Gasteiger charge is -2.00. The molecule has 0 N–H and O–H groups in total. The van der Waals surface area contributed by atoms with Gasteiger partial charge < -0.3 is 4.42 Å². The molecule has 2 rings (SSSR count). The standard InChI is InChI=1S/C11H6Cl2O2/c12-9-2-1-7(5-10(9)13)11(14)8-3-4-15-6-8/h1-6H. The Hall–Kier alpha value is -1.25. The normalized spacial score (nSPS) is 10.3. The van der Waals surface area contributed by atoms with Crippen molar-refractivity contribution >= 4 is 29.0 Å². The summed E-state index contributed by atoms with van der Waals surface area (Å²) < 4.78 is 4.83. The molecule has 76 valence electrons. The minimum absolute atomic E-state index is 0.137. The zero-order valence-electron chi connectivity index (χ0n) is 7.54. The number of benzene rings is 1. The summed E-state index contributed by atoms with van der Waals surface area (Å²) in [5.41, 5.74) is 0.985. The first-order valence-corrected chi connectivity index (χ1v) is 4.96. The van der Waals surface area contributed by atoms with Crippen molar-refractivity contribution < 1.29 is 9.21 Å². The second kappa shape index (κ2) is 4.09. The predicted molar refractivity (Wildman–Crippen MR) is 58.6 cm³/mol. The summed E-state index contributed by atoms with van der Waals surface area (Å²) in [4.78, 5) is 11.8. The Balaban J connectivity index is 2.39. The van der Waals surface area contributed by atoms with Crippen LogP contribution in [0, 0.1) is 0 Å². The summed E-state index contributed by atoms with van der Waals surface area (Å²) in [6, 6.07) is 6.37. The van der Waals surface area contributed by atoms with Crippen LogP contribution < -0.4 is 0 Å². The second-order valence-corrected chi connectivity index (χ2v) is 3.78. The quantitative estimate of drug-likeness (QED) is 0.748. The first kappa shape index (κ1) is 10.3. The van der Waals surface area contributed by atoms with Crippen LogP contribution in [0.1, 0.15) is 15.9 Å². The van der Waals surface area contributed by atoms with Gasteiger partial charge in [-0.05, 0) is 24.3 Å². The molecule has 1 aromatic carbocycles. The molecule has 4 heteroatoms. The minimum atomic E-state index is -0.137. The van der Waals surface area contributed by atoms with E-state index in [0.717, 1.165) is 0 Å². The minimum Gasteiger partial charge on any atom is -0.472 e. The highest BCUT2D eigenvalue weighted by Gasteiger charge is 2.11. The second-order valence-electron chi connectivity index (χ2n) is 2.97. The van der Waals surface area contributed by atoms with E-state index in [4.69, 9.17) is 27.6 Å². The van der Waals surface area contributed by atoms with E-state index < -0.39 is 0 Å². The van der Waals surface area contributed by atoms with E-state index in [2.05, 4.69) is 0 Å². The van der Waals surface area contributed by atoms with Gasteiger partial charge in [-0.3, -0.25) is 4.79 Å². The number of rotatable bonds is 2. The number of carbonyl (C=O) groups is 1. The first-order valence-electron chi connectivity index (χ1n) is 4.20. The zero-order chi connectivity index (χ0) is 10.8. The largest absolute Gasteiger partial charge is 0.472 e. The third kappa shape index (κ3) is 2.06. The van der Waals surface area contributed by atoms with E-state index in [0.29, 0.717) is 21.2 Å². The van der Waals surface area contributed by atoms with Crippen LogP contribution in [0.25, 0.3) is 0 Å². The molecule has 0 aliphatic heterocycles. The van der Waals surface area contributed by atoms with Crippen LogP contribution in [0.2, 0.25) is 10.0 Å². The highest BCUT2D eigenvalue weighted by atomic mass is 35.5. The van der Waals surface area contributed by atoms with Crippen LogP contribution in [-0.2, 0) is 0 Å². The van der Waals surface area contributed by atoms with Crippen molar-refractivity contribution in [1.29, 1.82) is 0 Å². The number of furan rings is 1. The summed E-state index contributed by atoms with van der Waals surface area (Å²) in [5, 5.41) is 0.798. The van der Waals surface area contributed by atoms with Crippen LogP contribution in [0.15, 0.2) is 41.2 Å². The maximum atomic E-state index is 11.8. The van der Waals surface area contributed by atoms with Crippen molar-refractivity contribution in [3.8, 4) is 0 Å². The van der Waals surface area contributed by atoms with Crippen molar-refractivity contribution in [3.05, 3.63) is 58.0 Å². The highest BCUT2D eigenvalue weighted by Crippen LogP contribution is 2.23. The lowest BCUT2D eigenvalue weighted by atomic mass is 10.1. The molecular weight excluding hydrogens is 235 g/mol. The molecule has 1 heterocycles. The summed E-state index contributed by atoms with van der Waals surface area (Å²) in [5.74, 6) is -0.137. The van der Waals surface area contributed by atoms with Crippen LogP contribution in [-0.4, -0.2) is 5.78 Å². The van der Waals surface area contributed by atoms with E-state index in [1.807, 2.05) is 0 Å². The SMILES string of the molecule is O=C(c1ccoc1)c1ccc(Cl)c(Cl)c1. The Morgan fingerprint density at radius 1 is 1.07 bits per heavy atom. The fourth-order valence-corrected chi connectivity index (χ4v) is 1.50. The molecule has 2 aromatic rings. The van der Waals surface area contributed by atoms with Crippen LogP contribution in [0.4, 0.5) is 0 Å². The van der Waals surface area contributed by atoms with Gasteiger partial charge in [0.15, 0.2) is 5.78 Å². The summed E-state index contributed by atoms with van der Waals surface area (Å²) >= 11 is 11.6. The lowest BCUT2D eigenvalue weighted by molar-refractivity contribution is 0.103. The van der Waals surface area contributed by atoms with Gasteiger partial charge in [-0.15, -0.1) is 0 Å². The fourth-order valence-electron chi connectivity index (χ4n) is 1.20. The molecule has 0 spiro atoms. The van der Waals surface area contributed by atoms with E-state index in [1.165, 1.54) is 12.5 Å². The summed E-state index contributed by atoms with van der Waals surface area (Å²) in [7, 11) is 0. The molecule has 0 bridgehead atoms. The van der Waals surface area contributed by atoms with E-state index in [-0.39, 0.29) is 5.78 Å². The molecule has 0 unspecified atom stereocenters. The number of ketones is 1. The number of hydrogen-bond acceptors (Lipinski definition) is 2. The number of carbonyl (C=O) groups excluding carboxylic acids is 1. The van der Waals surface area contributed by atoms with Crippen molar-refractivity contribution in [3.63, 3.8) is 0 Å². The average molecular weight is 241 g/mol. The van der Waals surface area contributed by atoms with Gasteiger partial charge in [-0.1, -0.05) is 23.2 Å². The average Bonchev–Trinajstić information content (AvgIpc) is 2.74. The Morgan fingerprint density at radius 2 is 1.87 bits per heavy atom. The number of hydrogen-bond donors (Lipinski definition) is 0. The monoisotopic (exact) mass is 240 g/mol. The van der Waals surface area contributed by atoms with Crippen LogP contribution >= 0.6 is 23.2 Å². The van der Waals surface area contributed by atoms with Crippen LogP contribution in [0.5, 0.6) is 0 Å². The van der Waals surface area contributed by atoms with Gasteiger partial charge in [0.05, 0.1) is 21.9 Å². The smallest absolute Gasteiger partial charge is 0.196 e. The van der Waals surface area contributed by atoms with Crippen LogP contribution in [0.3, 0.4) is 0 Å². The summed E-state index contributed by atoms with van der Waals surface area (Å²) in [6.45, 7) is 0. The maximum absolute atomic E-state index is 11.8. The molecular formula is C11H6Cl2O2. The first-order chi connectivity index (χ1) is 7.18. The summed E-state index contributed by atoms with van der Waals surface area (Å²) in [6.07, 6.45) is 2.84. The Bertz CT molecular complexity index is 489. The van der Waals surface area contributed by atoms with Gasteiger partial charge in [0.1, 0.15) is 6.26 Å². The molecule has 0 aliphatic rings. The van der Waals surface area contributed by atoms with Gasteiger partial charge >= 0.3 is 0 Å². The fraction of sp³-hybridized carbons (Fsp3) is 0. The zero-order valence-corrected chi connectivity index (χ0v) is 9.05. The molecule has 0 radical (unpaired) electrons. The van der Waals surface area contributed by atoms with Gasteiger partial charge in [-0.2, -0.15) is 0 Å². The lowest BCUT2D eigenvalue weighted by Crippen LogP contribution is -1.99. The number of halogens is 2. The Kier molecular flexibility index (Phi) is 2.80. The van der Waals surface area contributed by atoms with Crippen molar-refractivity contribution in [1.82, 2.24) is 0 Å². The molecule has 1 aromatic heterocycles. The van der Waals surface area contributed by atoms with Gasteiger partial charge in [0.25, 0.3) is 0 Å². The Morgan fingerprint density at radius 3 is 2.47 bits per heavy atom. The molecule has 0 aliphatic carbocycles. The molecule has 0 saturated heterocycles. The van der Waals surface area contributed by atoms with Gasteiger partial charge in [-0.25, -0.2) is 0 Å². The third-order valence-electron chi connectivity index (χ3n) is 1.97. The topological polar surface area (TPSA) is 30.2 Å². The predicted octanol–water partition coefficient (Wildman–Crippen LogP) is 3.82. The van der Waals surface area contributed by atoms with E-state index in [1.54, 1.807) is 24.3 Å². The molecule has 0 amide bonds. The molecule has 0 saturated carbocycles. The molecule has 2 nitrogen and oxygen atoms in total. The highest BCUT2D eigenvalue weighted by molar-refractivity contribution is 6.42. The van der Waals surface area contributed by atoms with Crippen molar-refractivity contribution in [2.24, 2.45) is 0 Å². The third-order valence-corrected chi connectivity index (χ3v) is 2.70. The Labute approximate surface area is 96.4 Å². The van der Waals surface area contributed by atoms with Crippen molar-refractivity contribution in [2.75, 3.05) is 0 Å². The maximum Gasteiger partial charge on any atom is 0.196 e. The van der Waals surface area contributed by atoms with Crippen molar-refractivity contribution in [2.45, 2.75) is 0 Å².